The molecule has 1 heterocycles. The van der Waals surface area contributed by atoms with Crippen LogP contribution < -0.4 is 11.1 Å². The minimum Gasteiger partial charge on any atom is -0.364 e. The van der Waals surface area contributed by atoms with Crippen molar-refractivity contribution in [3.63, 3.8) is 0 Å². The third-order valence-corrected chi connectivity index (χ3v) is 5.88. The number of primary amides is 1. The molecule has 1 amide bonds. The quantitative estimate of drug-likeness (QED) is 0.307. The number of nitrogens with two attached hydrogens (primary N) is 1. The number of aromatic nitrogens is 2. The van der Waals surface area contributed by atoms with Gasteiger partial charge in [-0.2, -0.15) is 0 Å². The molecule has 0 spiro atoms. The molecule has 1 aromatic heterocycles. The number of benzene rings is 4. The standard InChI is InChI=1S/C28H21ClN4O/c29-23-16-21(15-20-13-7-8-14-22(20)23)25-24(19-11-5-2-6-12-19)33-28(26(32-25)27(30)34)31-17-18-9-3-1-4-10-18/h1-16H,17H2,(H2,30,34)(H,31,33). The minimum atomic E-state index is -0.657. The van der Waals surface area contributed by atoms with E-state index in [0.29, 0.717) is 28.8 Å². The van der Waals surface area contributed by atoms with E-state index in [1.165, 1.54) is 0 Å². The van der Waals surface area contributed by atoms with Crippen LogP contribution in [-0.4, -0.2) is 15.9 Å². The van der Waals surface area contributed by atoms with Crippen molar-refractivity contribution < 1.29 is 4.79 Å². The zero-order chi connectivity index (χ0) is 23.5. The summed E-state index contributed by atoms with van der Waals surface area (Å²) in [6.07, 6.45) is 0. The second-order valence-electron chi connectivity index (χ2n) is 7.87. The summed E-state index contributed by atoms with van der Waals surface area (Å²) in [5.41, 5.74) is 9.66. The van der Waals surface area contributed by atoms with Gasteiger partial charge in [-0.3, -0.25) is 4.79 Å². The van der Waals surface area contributed by atoms with Gasteiger partial charge in [0.05, 0.1) is 11.4 Å². The summed E-state index contributed by atoms with van der Waals surface area (Å²) in [4.78, 5) is 22.0. The van der Waals surface area contributed by atoms with Gasteiger partial charge < -0.3 is 11.1 Å². The first-order valence-electron chi connectivity index (χ1n) is 10.8. The van der Waals surface area contributed by atoms with Gasteiger partial charge in [0.15, 0.2) is 11.5 Å². The van der Waals surface area contributed by atoms with E-state index in [1.807, 2.05) is 97.1 Å². The average molecular weight is 465 g/mol. The molecule has 0 bridgehead atoms. The van der Waals surface area contributed by atoms with Crippen LogP contribution in [-0.2, 0) is 6.54 Å². The van der Waals surface area contributed by atoms with Gasteiger partial charge in [-0.05, 0) is 23.1 Å². The lowest BCUT2D eigenvalue weighted by atomic mass is 10.0. The summed E-state index contributed by atoms with van der Waals surface area (Å²) in [5, 5.41) is 5.75. The molecule has 166 valence electrons. The fourth-order valence-corrected chi connectivity index (χ4v) is 4.20. The van der Waals surface area contributed by atoms with Crippen molar-refractivity contribution in [1.29, 1.82) is 0 Å². The van der Waals surface area contributed by atoms with E-state index in [9.17, 15) is 4.79 Å². The molecular weight excluding hydrogens is 444 g/mol. The molecular formula is C28H21ClN4O. The lowest BCUT2D eigenvalue weighted by Gasteiger charge is -2.16. The molecule has 0 radical (unpaired) electrons. The minimum absolute atomic E-state index is 0.0786. The zero-order valence-electron chi connectivity index (χ0n) is 18.2. The number of hydrogen-bond donors (Lipinski definition) is 2. The van der Waals surface area contributed by atoms with Crippen molar-refractivity contribution in [2.45, 2.75) is 6.54 Å². The number of rotatable bonds is 6. The molecule has 0 aliphatic heterocycles. The molecule has 3 N–H and O–H groups in total. The molecule has 0 saturated heterocycles. The number of carbonyl (C=O) groups excluding carboxylic acids is 1. The molecule has 5 aromatic rings. The van der Waals surface area contributed by atoms with Crippen LogP contribution in [0.4, 0.5) is 5.82 Å². The smallest absolute Gasteiger partial charge is 0.271 e. The molecule has 5 nitrogen and oxygen atoms in total. The molecule has 4 aromatic carbocycles. The van der Waals surface area contributed by atoms with Crippen molar-refractivity contribution in [1.82, 2.24) is 9.97 Å². The number of halogens is 1. The monoisotopic (exact) mass is 464 g/mol. The SMILES string of the molecule is NC(=O)c1nc(-c2cc(Cl)c3ccccc3c2)c(-c2ccccc2)nc1NCc1ccccc1. The Balaban J connectivity index is 1.69. The largest absolute Gasteiger partial charge is 0.364 e. The van der Waals surface area contributed by atoms with Crippen molar-refractivity contribution in [2.24, 2.45) is 5.73 Å². The van der Waals surface area contributed by atoms with Gasteiger partial charge in [0.25, 0.3) is 5.91 Å². The Hall–Kier alpha value is -4.22. The number of carbonyl (C=O) groups is 1. The van der Waals surface area contributed by atoms with Crippen LogP contribution >= 0.6 is 11.6 Å². The maximum atomic E-state index is 12.4. The Morgan fingerprint density at radius 2 is 1.44 bits per heavy atom. The van der Waals surface area contributed by atoms with Gasteiger partial charge in [-0.25, -0.2) is 9.97 Å². The summed E-state index contributed by atoms with van der Waals surface area (Å²) in [6, 6.07) is 31.3. The van der Waals surface area contributed by atoms with E-state index in [2.05, 4.69) is 5.32 Å². The van der Waals surface area contributed by atoms with Crippen molar-refractivity contribution in [3.05, 3.63) is 113 Å². The summed E-state index contributed by atoms with van der Waals surface area (Å²) in [7, 11) is 0. The molecule has 0 fully saturated rings. The number of amides is 1. The Labute approximate surface area is 202 Å². The summed E-state index contributed by atoms with van der Waals surface area (Å²) >= 11 is 6.61. The Bertz CT molecular complexity index is 1490. The molecule has 6 heteroatoms. The number of nitrogens with zero attached hydrogens (tertiary/aromatic N) is 2. The van der Waals surface area contributed by atoms with Crippen LogP contribution in [0.25, 0.3) is 33.3 Å². The first-order valence-corrected chi connectivity index (χ1v) is 11.2. The van der Waals surface area contributed by atoms with E-state index < -0.39 is 5.91 Å². The maximum Gasteiger partial charge on any atom is 0.271 e. The van der Waals surface area contributed by atoms with Gasteiger partial charge in [0.1, 0.15) is 0 Å². The van der Waals surface area contributed by atoms with Gasteiger partial charge in [-0.1, -0.05) is 96.5 Å². The number of fused-ring (bicyclic) bond motifs is 1. The first kappa shape index (κ1) is 21.6. The average Bonchev–Trinajstić information content (AvgIpc) is 2.88. The summed E-state index contributed by atoms with van der Waals surface area (Å²) in [6.45, 7) is 0.477. The molecule has 0 saturated carbocycles. The van der Waals surface area contributed by atoms with Crippen LogP contribution in [0.3, 0.4) is 0 Å². The Kier molecular flexibility index (Phi) is 5.93. The highest BCUT2D eigenvalue weighted by Gasteiger charge is 2.20. The van der Waals surface area contributed by atoms with Crippen LogP contribution in [0, 0.1) is 0 Å². The van der Waals surface area contributed by atoms with E-state index in [4.69, 9.17) is 27.3 Å². The lowest BCUT2D eigenvalue weighted by Crippen LogP contribution is -2.19. The third-order valence-electron chi connectivity index (χ3n) is 5.56. The highest BCUT2D eigenvalue weighted by atomic mass is 35.5. The fourth-order valence-electron chi connectivity index (χ4n) is 3.91. The van der Waals surface area contributed by atoms with Crippen molar-refractivity contribution >= 4 is 34.1 Å². The topological polar surface area (TPSA) is 80.9 Å². The maximum absolute atomic E-state index is 12.4. The Morgan fingerprint density at radius 3 is 2.18 bits per heavy atom. The highest BCUT2D eigenvalue weighted by molar-refractivity contribution is 6.36. The third kappa shape index (κ3) is 4.34. The number of hydrogen-bond acceptors (Lipinski definition) is 4. The Morgan fingerprint density at radius 1 is 0.794 bits per heavy atom. The lowest BCUT2D eigenvalue weighted by molar-refractivity contribution is 0.0996. The zero-order valence-corrected chi connectivity index (χ0v) is 19.0. The van der Waals surface area contributed by atoms with E-state index in [1.54, 1.807) is 0 Å². The predicted octanol–water partition coefficient (Wildman–Crippen LogP) is 6.33. The second kappa shape index (κ2) is 9.33. The van der Waals surface area contributed by atoms with Gasteiger partial charge in [0.2, 0.25) is 0 Å². The molecule has 0 aliphatic rings. The summed E-state index contributed by atoms with van der Waals surface area (Å²) in [5.74, 6) is -0.318. The van der Waals surface area contributed by atoms with Crippen LogP contribution in [0.2, 0.25) is 5.02 Å². The van der Waals surface area contributed by atoms with Gasteiger partial charge >= 0.3 is 0 Å². The predicted molar refractivity (Wildman–Crippen MR) is 138 cm³/mol. The highest BCUT2D eigenvalue weighted by Crippen LogP contribution is 2.35. The normalized spacial score (nSPS) is 10.9. The first-order chi connectivity index (χ1) is 16.6. The van der Waals surface area contributed by atoms with Crippen molar-refractivity contribution in [2.75, 3.05) is 5.32 Å². The number of nitrogens with one attached hydrogen (secondary N) is 1. The van der Waals surface area contributed by atoms with Crippen LogP contribution in [0.1, 0.15) is 16.1 Å². The van der Waals surface area contributed by atoms with Crippen LogP contribution in [0.5, 0.6) is 0 Å². The summed E-state index contributed by atoms with van der Waals surface area (Å²) < 4.78 is 0. The molecule has 34 heavy (non-hydrogen) atoms. The van der Waals surface area contributed by atoms with Crippen LogP contribution in [0.15, 0.2) is 97.1 Å². The van der Waals surface area contributed by atoms with E-state index >= 15 is 0 Å². The molecule has 0 aliphatic carbocycles. The van der Waals surface area contributed by atoms with Gasteiger partial charge in [-0.15, -0.1) is 0 Å². The molecule has 0 unspecified atom stereocenters. The number of anilines is 1. The second-order valence-corrected chi connectivity index (χ2v) is 8.27. The van der Waals surface area contributed by atoms with Crippen molar-refractivity contribution in [3.8, 4) is 22.5 Å². The molecule has 5 rings (SSSR count). The molecule has 0 atom stereocenters. The fraction of sp³-hybridized carbons (Fsp3) is 0.0357. The van der Waals surface area contributed by atoms with E-state index in [-0.39, 0.29) is 5.69 Å². The van der Waals surface area contributed by atoms with E-state index in [0.717, 1.165) is 27.5 Å². The van der Waals surface area contributed by atoms with Gasteiger partial charge in [0, 0.05) is 28.1 Å².